The molecule has 1 saturated carbocycles. The van der Waals surface area contributed by atoms with E-state index in [-0.39, 0.29) is 0 Å². The first-order valence-electron chi connectivity index (χ1n) is 5.26. The Bertz CT molecular complexity index is 274. The van der Waals surface area contributed by atoms with Crippen molar-refractivity contribution in [1.82, 2.24) is 0 Å². The highest BCUT2D eigenvalue weighted by atomic mass is 16.4. The first-order chi connectivity index (χ1) is 6.65. The molecule has 0 heterocycles. The summed E-state index contributed by atoms with van der Waals surface area (Å²) in [6, 6.07) is 0. The summed E-state index contributed by atoms with van der Waals surface area (Å²) in [6.45, 7) is 0. The van der Waals surface area contributed by atoms with E-state index in [0.29, 0.717) is 12.8 Å². The lowest BCUT2D eigenvalue weighted by atomic mass is 9.60. The smallest absolute Gasteiger partial charge is 0.313 e. The van der Waals surface area contributed by atoms with E-state index in [1.165, 1.54) is 6.42 Å². The molecule has 3 heteroatoms. The van der Waals surface area contributed by atoms with E-state index in [1.54, 1.807) is 0 Å². The van der Waals surface area contributed by atoms with Gasteiger partial charge in [0.1, 0.15) is 0 Å². The standard InChI is InChI=1S/C11H16O3/c12-9-6-11(7-9,10(13)14)8-4-2-1-3-5-8/h4,9,12H,1-3,5-7H2,(H,13,14). The van der Waals surface area contributed by atoms with Crippen LogP contribution in [0.15, 0.2) is 11.6 Å². The minimum atomic E-state index is -0.754. The van der Waals surface area contributed by atoms with Gasteiger partial charge >= 0.3 is 5.97 Å². The molecule has 0 aromatic heterocycles. The molecular formula is C11H16O3. The largest absolute Gasteiger partial charge is 0.481 e. The fraction of sp³-hybridized carbons (Fsp3) is 0.727. The predicted octanol–water partition coefficient (Wildman–Crippen LogP) is 1.71. The SMILES string of the molecule is O=C(O)C1(C2=CCCCC2)CC(O)C1. The summed E-state index contributed by atoms with van der Waals surface area (Å²) in [4.78, 5) is 11.2. The molecule has 0 bridgehead atoms. The number of rotatable bonds is 2. The second-order valence-corrected chi connectivity index (χ2v) is 4.42. The molecule has 2 aliphatic rings. The zero-order chi connectivity index (χ0) is 10.2. The van der Waals surface area contributed by atoms with Crippen LogP contribution < -0.4 is 0 Å². The quantitative estimate of drug-likeness (QED) is 0.661. The Morgan fingerprint density at radius 1 is 1.43 bits per heavy atom. The van der Waals surface area contributed by atoms with Crippen LogP contribution in [0, 0.1) is 5.41 Å². The molecule has 0 atom stereocenters. The third-order valence-electron chi connectivity index (χ3n) is 3.48. The van der Waals surface area contributed by atoms with Crippen LogP contribution in [0.5, 0.6) is 0 Å². The van der Waals surface area contributed by atoms with Crippen molar-refractivity contribution < 1.29 is 15.0 Å². The Morgan fingerprint density at radius 2 is 2.14 bits per heavy atom. The highest BCUT2D eigenvalue weighted by molar-refractivity contribution is 5.80. The Hall–Kier alpha value is -0.830. The molecule has 3 nitrogen and oxygen atoms in total. The molecule has 0 aliphatic heterocycles. The van der Waals surface area contributed by atoms with Gasteiger partial charge in [-0.2, -0.15) is 0 Å². The lowest BCUT2D eigenvalue weighted by molar-refractivity contribution is -0.158. The highest BCUT2D eigenvalue weighted by Crippen LogP contribution is 2.50. The third kappa shape index (κ3) is 1.36. The summed E-state index contributed by atoms with van der Waals surface area (Å²) in [5.74, 6) is -0.754. The molecule has 0 saturated heterocycles. The van der Waals surface area contributed by atoms with Crippen molar-refractivity contribution in [3.05, 3.63) is 11.6 Å². The molecule has 2 N–H and O–H groups in total. The van der Waals surface area contributed by atoms with Gasteiger partial charge in [0, 0.05) is 0 Å². The number of carbonyl (C=O) groups is 1. The van der Waals surface area contributed by atoms with Crippen LogP contribution in [0.4, 0.5) is 0 Å². The molecule has 0 radical (unpaired) electrons. The fourth-order valence-electron chi connectivity index (χ4n) is 2.59. The Labute approximate surface area is 83.4 Å². The molecule has 2 rings (SSSR count). The van der Waals surface area contributed by atoms with Crippen molar-refractivity contribution in [1.29, 1.82) is 0 Å². The minimum absolute atomic E-state index is 0.408. The van der Waals surface area contributed by atoms with E-state index in [9.17, 15) is 15.0 Å². The van der Waals surface area contributed by atoms with E-state index in [1.807, 2.05) is 0 Å². The maximum absolute atomic E-state index is 11.2. The van der Waals surface area contributed by atoms with Gasteiger partial charge in [-0.05, 0) is 38.5 Å². The normalized spacial score (nSPS) is 37.2. The molecule has 0 unspecified atom stereocenters. The van der Waals surface area contributed by atoms with Crippen LogP contribution >= 0.6 is 0 Å². The molecule has 0 amide bonds. The first-order valence-corrected chi connectivity index (χ1v) is 5.26. The second kappa shape index (κ2) is 3.39. The van der Waals surface area contributed by atoms with Gasteiger partial charge in [0.15, 0.2) is 0 Å². The van der Waals surface area contributed by atoms with Crippen LogP contribution in [0.25, 0.3) is 0 Å². The maximum atomic E-state index is 11.2. The Morgan fingerprint density at radius 3 is 2.57 bits per heavy atom. The average Bonchev–Trinajstić information content (AvgIpc) is 2.13. The zero-order valence-corrected chi connectivity index (χ0v) is 8.20. The van der Waals surface area contributed by atoms with E-state index < -0.39 is 17.5 Å². The number of aliphatic carboxylic acids is 1. The van der Waals surface area contributed by atoms with Crippen LogP contribution in [0.3, 0.4) is 0 Å². The van der Waals surface area contributed by atoms with E-state index in [4.69, 9.17) is 0 Å². The summed E-state index contributed by atoms with van der Waals surface area (Å²) in [5.41, 5.74) is 0.348. The number of aliphatic hydroxyl groups excluding tert-OH is 1. The monoisotopic (exact) mass is 196 g/mol. The molecule has 0 spiro atoms. The fourth-order valence-corrected chi connectivity index (χ4v) is 2.59. The van der Waals surface area contributed by atoms with E-state index >= 15 is 0 Å². The van der Waals surface area contributed by atoms with Crippen molar-refractivity contribution in [2.24, 2.45) is 5.41 Å². The molecular weight excluding hydrogens is 180 g/mol. The molecule has 14 heavy (non-hydrogen) atoms. The van der Waals surface area contributed by atoms with Gasteiger partial charge in [-0.3, -0.25) is 4.79 Å². The summed E-state index contributed by atoms with van der Waals surface area (Å²) in [7, 11) is 0. The lowest BCUT2D eigenvalue weighted by Gasteiger charge is -2.44. The molecule has 0 aromatic rings. The molecule has 78 valence electrons. The van der Waals surface area contributed by atoms with Gasteiger partial charge in [0.25, 0.3) is 0 Å². The predicted molar refractivity (Wildman–Crippen MR) is 51.9 cm³/mol. The van der Waals surface area contributed by atoms with Gasteiger partial charge < -0.3 is 10.2 Å². The molecule has 0 aromatic carbocycles. The number of carboxylic acids is 1. The summed E-state index contributed by atoms with van der Waals surface area (Å²) < 4.78 is 0. The minimum Gasteiger partial charge on any atom is -0.481 e. The number of carboxylic acid groups (broad SMARTS) is 1. The zero-order valence-electron chi connectivity index (χ0n) is 8.20. The lowest BCUT2D eigenvalue weighted by Crippen LogP contribution is -2.48. The Kier molecular flexibility index (Phi) is 2.35. The summed E-state index contributed by atoms with van der Waals surface area (Å²) in [5, 5.41) is 18.5. The molecule has 1 fully saturated rings. The van der Waals surface area contributed by atoms with Crippen molar-refractivity contribution in [3.8, 4) is 0 Å². The van der Waals surface area contributed by atoms with Crippen LogP contribution in [0.2, 0.25) is 0 Å². The van der Waals surface area contributed by atoms with Gasteiger partial charge in [-0.25, -0.2) is 0 Å². The van der Waals surface area contributed by atoms with Crippen molar-refractivity contribution in [3.63, 3.8) is 0 Å². The number of allylic oxidation sites excluding steroid dienone is 1. The molecule has 2 aliphatic carbocycles. The van der Waals surface area contributed by atoms with E-state index in [0.717, 1.165) is 24.8 Å². The van der Waals surface area contributed by atoms with Crippen molar-refractivity contribution >= 4 is 5.97 Å². The third-order valence-corrected chi connectivity index (χ3v) is 3.48. The maximum Gasteiger partial charge on any atom is 0.313 e. The second-order valence-electron chi connectivity index (χ2n) is 4.42. The van der Waals surface area contributed by atoms with E-state index in [2.05, 4.69) is 6.08 Å². The number of aliphatic hydroxyl groups is 1. The van der Waals surface area contributed by atoms with Gasteiger partial charge in [-0.1, -0.05) is 11.6 Å². The van der Waals surface area contributed by atoms with Crippen molar-refractivity contribution in [2.75, 3.05) is 0 Å². The van der Waals surface area contributed by atoms with Gasteiger partial charge in [-0.15, -0.1) is 0 Å². The summed E-state index contributed by atoms with van der Waals surface area (Å²) >= 11 is 0. The van der Waals surface area contributed by atoms with Gasteiger partial charge in [0.05, 0.1) is 11.5 Å². The van der Waals surface area contributed by atoms with Crippen LogP contribution in [-0.4, -0.2) is 22.3 Å². The summed E-state index contributed by atoms with van der Waals surface area (Å²) in [6.07, 6.45) is 6.65. The topological polar surface area (TPSA) is 57.5 Å². The van der Waals surface area contributed by atoms with Crippen molar-refractivity contribution in [2.45, 2.75) is 44.6 Å². The van der Waals surface area contributed by atoms with Gasteiger partial charge in [0.2, 0.25) is 0 Å². The highest BCUT2D eigenvalue weighted by Gasteiger charge is 2.52. The number of hydrogen-bond acceptors (Lipinski definition) is 2. The van der Waals surface area contributed by atoms with Crippen LogP contribution in [0.1, 0.15) is 38.5 Å². The first kappa shape index (κ1) is 9.71. The number of hydrogen-bond donors (Lipinski definition) is 2. The average molecular weight is 196 g/mol. The van der Waals surface area contributed by atoms with Crippen LogP contribution in [-0.2, 0) is 4.79 Å². The Balaban J connectivity index is 2.19.